The van der Waals surface area contributed by atoms with Crippen molar-refractivity contribution >= 4 is 31.9 Å². The number of hydrogen-bond donors (Lipinski definition) is 1. The van der Waals surface area contributed by atoms with E-state index in [0.717, 1.165) is 47.1 Å². The van der Waals surface area contributed by atoms with Gasteiger partial charge >= 0.3 is 0 Å². The lowest BCUT2D eigenvalue weighted by Crippen LogP contribution is -2.26. The minimum absolute atomic E-state index is 0.446. The van der Waals surface area contributed by atoms with Gasteiger partial charge in [0.15, 0.2) is 0 Å². The van der Waals surface area contributed by atoms with Crippen LogP contribution in [-0.4, -0.2) is 12.6 Å². The summed E-state index contributed by atoms with van der Waals surface area (Å²) in [6.07, 6.45) is 3.21. The van der Waals surface area contributed by atoms with Crippen LogP contribution >= 0.6 is 31.9 Å². The summed E-state index contributed by atoms with van der Waals surface area (Å²) in [5.41, 5.74) is 2.57. The van der Waals surface area contributed by atoms with Gasteiger partial charge in [-0.25, -0.2) is 0 Å². The maximum atomic E-state index is 5.93. The number of benzene rings is 2. The highest BCUT2D eigenvalue weighted by atomic mass is 79.9. The van der Waals surface area contributed by atoms with E-state index in [-0.39, 0.29) is 0 Å². The Labute approximate surface area is 162 Å². The van der Waals surface area contributed by atoms with Crippen LogP contribution in [-0.2, 0) is 13.0 Å². The van der Waals surface area contributed by atoms with Gasteiger partial charge in [0.2, 0.25) is 0 Å². The van der Waals surface area contributed by atoms with Crippen molar-refractivity contribution in [2.75, 3.05) is 6.61 Å². The zero-order valence-corrected chi connectivity index (χ0v) is 17.5. The molecule has 0 aromatic heterocycles. The number of rotatable bonds is 9. The van der Waals surface area contributed by atoms with Crippen molar-refractivity contribution in [3.8, 4) is 5.75 Å². The molecule has 0 spiro atoms. The van der Waals surface area contributed by atoms with Crippen LogP contribution in [0.15, 0.2) is 51.4 Å². The predicted molar refractivity (Wildman–Crippen MR) is 109 cm³/mol. The van der Waals surface area contributed by atoms with E-state index in [4.69, 9.17) is 4.74 Å². The fourth-order valence-electron chi connectivity index (χ4n) is 2.52. The fraction of sp³-hybridized carbons (Fsp3) is 0.400. The molecule has 2 aromatic rings. The third-order valence-corrected chi connectivity index (χ3v) is 4.93. The van der Waals surface area contributed by atoms with Crippen molar-refractivity contribution in [1.82, 2.24) is 5.32 Å². The molecule has 0 saturated heterocycles. The molecular formula is C20H25Br2NO. The molecule has 0 fully saturated rings. The van der Waals surface area contributed by atoms with Gasteiger partial charge in [-0.15, -0.1) is 0 Å². The summed E-state index contributed by atoms with van der Waals surface area (Å²) in [7, 11) is 0. The van der Waals surface area contributed by atoms with E-state index in [1.54, 1.807) is 0 Å². The minimum atomic E-state index is 0.446. The first kappa shape index (κ1) is 19.5. The highest BCUT2D eigenvalue weighted by Crippen LogP contribution is 2.33. The standard InChI is InChI=1S/C20H25Br2NO/c1-3-11-24-20-17(12-18(21)13-19(20)22)14-23-15(2)9-10-16-7-5-4-6-8-16/h4-8,12-13,15,23H,3,9-11,14H2,1-2H3/t15-/m0/s1. The number of aryl methyl sites for hydroxylation is 1. The van der Waals surface area contributed by atoms with Crippen LogP contribution < -0.4 is 10.1 Å². The SMILES string of the molecule is CCCOc1c(Br)cc(Br)cc1CN[C@@H](C)CCc1ccccc1. The number of halogens is 2. The Morgan fingerprint density at radius 2 is 1.88 bits per heavy atom. The van der Waals surface area contributed by atoms with Gasteiger partial charge < -0.3 is 10.1 Å². The Kier molecular flexibility index (Phi) is 8.30. The monoisotopic (exact) mass is 453 g/mol. The second kappa shape index (κ2) is 10.2. The third-order valence-electron chi connectivity index (χ3n) is 3.89. The summed E-state index contributed by atoms with van der Waals surface area (Å²) >= 11 is 7.18. The van der Waals surface area contributed by atoms with Crippen LogP contribution in [0.25, 0.3) is 0 Å². The first-order chi connectivity index (χ1) is 11.6. The van der Waals surface area contributed by atoms with Crippen LogP contribution in [0.4, 0.5) is 0 Å². The molecule has 130 valence electrons. The first-order valence-corrected chi connectivity index (χ1v) is 10.1. The van der Waals surface area contributed by atoms with E-state index in [9.17, 15) is 0 Å². The van der Waals surface area contributed by atoms with Crippen molar-refractivity contribution in [2.45, 2.75) is 45.7 Å². The van der Waals surface area contributed by atoms with E-state index in [0.29, 0.717) is 6.04 Å². The summed E-state index contributed by atoms with van der Waals surface area (Å²) in [5, 5.41) is 3.62. The lowest BCUT2D eigenvalue weighted by molar-refractivity contribution is 0.310. The van der Waals surface area contributed by atoms with E-state index in [2.05, 4.69) is 87.4 Å². The Bertz CT molecular complexity index is 631. The predicted octanol–water partition coefficient (Wildman–Crippen LogP) is 6.11. The van der Waals surface area contributed by atoms with Crippen LogP contribution in [0.5, 0.6) is 5.75 Å². The molecule has 2 aromatic carbocycles. The molecule has 0 amide bonds. The van der Waals surface area contributed by atoms with Crippen molar-refractivity contribution < 1.29 is 4.74 Å². The van der Waals surface area contributed by atoms with Gasteiger partial charge in [0.05, 0.1) is 11.1 Å². The maximum absolute atomic E-state index is 5.93. The quantitative estimate of drug-likeness (QED) is 0.493. The second-order valence-corrected chi connectivity index (χ2v) is 7.80. The molecule has 0 aliphatic rings. The van der Waals surface area contributed by atoms with Gasteiger partial charge in [-0.1, -0.05) is 53.2 Å². The van der Waals surface area contributed by atoms with E-state index in [1.807, 2.05) is 6.07 Å². The van der Waals surface area contributed by atoms with Gasteiger partial charge in [-0.2, -0.15) is 0 Å². The normalized spacial score (nSPS) is 12.2. The lowest BCUT2D eigenvalue weighted by Gasteiger charge is -2.17. The van der Waals surface area contributed by atoms with Crippen LogP contribution in [0.2, 0.25) is 0 Å². The molecule has 1 N–H and O–H groups in total. The summed E-state index contributed by atoms with van der Waals surface area (Å²) in [6.45, 7) is 5.89. The zero-order valence-electron chi connectivity index (χ0n) is 14.3. The highest BCUT2D eigenvalue weighted by molar-refractivity contribution is 9.11. The van der Waals surface area contributed by atoms with E-state index >= 15 is 0 Å². The van der Waals surface area contributed by atoms with Crippen molar-refractivity contribution in [1.29, 1.82) is 0 Å². The Balaban J connectivity index is 1.92. The average molecular weight is 455 g/mol. The molecule has 0 radical (unpaired) electrons. The van der Waals surface area contributed by atoms with E-state index < -0.39 is 0 Å². The lowest BCUT2D eigenvalue weighted by atomic mass is 10.1. The van der Waals surface area contributed by atoms with E-state index in [1.165, 1.54) is 11.1 Å². The summed E-state index contributed by atoms with van der Waals surface area (Å²) in [6, 6.07) is 15.3. The maximum Gasteiger partial charge on any atom is 0.138 e. The average Bonchev–Trinajstić information content (AvgIpc) is 2.58. The minimum Gasteiger partial charge on any atom is -0.492 e. The van der Waals surface area contributed by atoms with Gasteiger partial charge in [-0.3, -0.25) is 0 Å². The highest BCUT2D eigenvalue weighted by Gasteiger charge is 2.11. The molecule has 1 atom stereocenters. The van der Waals surface area contributed by atoms with Gasteiger partial charge in [0.25, 0.3) is 0 Å². The molecular weight excluding hydrogens is 430 g/mol. The summed E-state index contributed by atoms with van der Waals surface area (Å²) < 4.78 is 7.99. The van der Waals surface area contributed by atoms with Gasteiger partial charge in [0.1, 0.15) is 5.75 Å². The largest absolute Gasteiger partial charge is 0.492 e. The van der Waals surface area contributed by atoms with Crippen LogP contribution in [0.1, 0.15) is 37.8 Å². The molecule has 0 bridgehead atoms. The topological polar surface area (TPSA) is 21.3 Å². The molecule has 2 rings (SSSR count). The molecule has 0 aliphatic heterocycles. The molecule has 0 unspecified atom stereocenters. The van der Waals surface area contributed by atoms with Crippen molar-refractivity contribution in [3.05, 3.63) is 62.5 Å². The molecule has 2 nitrogen and oxygen atoms in total. The van der Waals surface area contributed by atoms with Gasteiger partial charge in [0, 0.05) is 22.6 Å². The first-order valence-electron chi connectivity index (χ1n) is 8.48. The van der Waals surface area contributed by atoms with Crippen molar-refractivity contribution in [3.63, 3.8) is 0 Å². The second-order valence-electron chi connectivity index (χ2n) is 6.03. The van der Waals surface area contributed by atoms with Crippen LogP contribution in [0, 0.1) is 0 Å². The summed E-state index contributed by atoms with van der Waals surface area (Å²) in [4.78, 5) is 0. The molecule has 24 heavy (non-hydrogen) atoms. The smallest absolute Gasteiger partial charge is 0.138 e. The number of ether oxygens (including phenoxy) is 1. The number of nitrogens with one attached hydrogen (secondary N) is 1. The van der Waals surface area contributed by atoms with Crippen LogP contribution in [0.3, 0.4) is 0 Å². The zero-order chi connectivity index (χ0) is 17.4. The molecule has 0 saturated carbocycles. The Morgan fingerprint density at radius 1 is 1.12 bits per heavy atom. The summed E-state index contributed by atoms with van der Waals surface area (Å²) in [5.74, 6) is 0.947. The molecule has 0 aliphatic carbocycles. The Morgan fingerprint density at radius 3 is 2.58 bits per heavy atom. The molecule has 4 heteroatoms. The third kappa shape index (κ3) is 6.23. The fourth-order valence-corrected chi connectivity index (χ4v) is 3.95. The van der Waals surface area contributed by atoms with Crippen molar-refractivity contribution in [2.24, 2.45) is 0 Å². The number of hydrogen-bond acceptors (Lipinski definition) is 2. The Hall–Kier alpha value is -0.840. The molecule has 0 heterocycles. The van der Waals surface area contributed by atoms with Gasteiger partial charge in [-0.05, 0) is 59.8 Å².